The van der Waals surface area contributed by atoms with Crippen LogP contribution in [0, 0.1) is 5.92 Å². The van der Waals surface area contributed by atoms with Crippen molar-refractivity contribution in [3.05, 3.63) is 71.9 Å². The van der Waals surface area contributed by atoms with Gasteiger partial charge in [-0.15, -0.1) is 0 Å². The van der Waals surface area contributed by atoms with Crippen LogP contribution in [0.25, 0.3) is 0 Å². The van der Waals surface area contributed by atoms with Crippen LogP contribution in [-0.4, -0.2) is 21.2 Å². The van der Waals surface area contributed by atoms with Gasteiger partial charge in [0.25, 0.3) is 0 Å². The second kappa shape index (κ2) is 6.55. The monoisotopic (exact) mass is 322 g/mol. The first-order valence-electron chi connectivity index (χ1n) is 8.07. The molecule has 0 bridgehead atoms. The normalized spacial score (nSPS) is 19.7. The first kappa shape index (κ1) is 15.8. The number of esters is 1. The average molecular weight is 322 g/mol. The summed E-state index contributed by atoms with van der Waals surface area (Å²) in [6, 6.07) is 22.4. The van der Waals surface area contributed by atoms with Gasteiger partial charge in [0.05, 0.1) is 7.11 Å². The predicted molar refractivity (Wildman–Crippen MR) is 96.6 cm³/mol. The highest BCUT2D eigenvalue weighted by molar-refractivity contribution is 7.06. The second-order valence-electron chi connectivity index (χ2n) is 6.38. The molecule has 2 aromatic carbocycles. The van der Waals surface area contributed by atoms with Crippen molar-refractivity contribution in [3.63, 3.8) is 0 Å². The Morgan fingerprint density at radius 3 is 2.00 bits per heavy atom. The highest BCUT2D eigenvalue weighted by Crippen LogP contribution is 2.31. The Kier molecular flexibility index (Phi) is 4.48. The molecule has 2 aromatic rings. The Bertz CT molecular complexity index is 667. The summed E-state index contributed by atoms with van der Waals surface area (Å²) >= 11 is 0. The van der Waals surface area contributed by atoms with Gasteiger partial charge in [-0.3, -0.25) is 0 Å². The van der Waals surface area contributed by atoms with Crippen LogP contribution in [0.3, 0.4) is 0 Å². The van der Waals surface area contributed by atoms with Crippen LogP contribution in [0.15, 0.2) is 71.9 Å². The van der Waals surface area contributed by atoms with E-state index in [-0.39, 0.29) is 5.97 Å². The van der Waals surface area contributed by atoms with Crippen LogP contribution in [-0.2, 0) is 9.53 Å². The maximum absolute atomic E-state index is 12.2. The maximum Gasteiger partial charge on any atom is 0.333 e. The molecule has 0 fully saturated rings. The molecule has 3 heteroatoms. The Hall–Kier alpha value is -2.13. The number of hydrogen-bond donors (Lipinski definition) is 0. The van der Waals surface area contributed by atoms with Gasteiger partial charge in [-0.25, -0.2) is 4.79 Å². The molecule has 0 aliphatic carbocycles. The Morgan fingerprint density at radius 2 is 1.52 bits per heavy atom. The average Bonchev–Trinajstić information content (AvgIpc) is 2.62. The van der Waals surface area contributed by atoms with Crippen molar-refractivity contribution in [1.82, 2.24) is 0 Å². The fourth-order valence-corrected chi connectivity index (χ4v) is 8.63. The van der Waals surface area contributed by atoms with Gasteiger partial charge in [0.15, 0.2) is 0 Å². The van der Waals surface area contributed by atoms with Gasteiger partial charge in [0.1, 0.15) is 8.07 Å². The zero-order valence-electron chi connectivity index (χ0n) is 13.7. The quantitative estimate of drug-likeness (QED) is 0.641. The number of benzene rings is 2. The van der Waals surface area contributed by atoms with Crippen LogP contribution in [0.4, 0.5) is 0 Å². The molecule has 0 N–H and O–H groups in total. The number of rotatable bonds is 3. The Labute approximate surface area is 138 Å². The van der Waals surface area contributed by atoms with E-state index in [0.29, 0.717) is 5.92 Å². The third-order valence-electron chi connectivity index (χ3n) is 4.68. The van der Waals surface area contributed by atoms with Crippen molar-refractivity contribution in [2.24, 2.45) is 5.92 Å². The summed E-state index contributed by atoms with van der Waals surface area (Å²) in [5, 5.41) is 2.72. The van der Waals surface area contributed by atoms with Gasteiger partial charge in [-0.05, 0) is 28.8 Å². The van der Waals surface area contributed by atoms with Crippen LogP contribution in [0.5, 0.6) is 0 Å². The molecule has 23 heavy (non-hydrogen) atoms. The van der Waals surface area contributed by atoms with Gasteiger partial charge in [0.2, 0.25) is 0 Å². The summed E-state index contributed by atoms with van der Waals surface area (Å²) in [7, 11) is -0.634. The highest BCUT2D eigenvalue weighted by atomic mass is 28.3. The van der Waals surface area contributed by atoms with Crippen molar-refractivity contribution in [1.29, 1.82) is 0 Å². The highest BCUT2D eigenvalue weighted by Gasteiger charge is 2.41. The summed E-state index contributed by atoms with van der Waals surface area (Å²) in [5.41, 5.74) is 3.11. The van der Waals surface area contributed by atoms with E-state index in [9.17, 15) is 4.79 Å². The van der Waals surface area contributed by atoms with Crippen LogP contribution >= 0.6 is 0 Å². The SMILES string of the molecule is COC(=O)C1=C[Si](c2ccccc2)(c2ccccc2)CC(C)C1. The largest absolute Gasteiger partial charge is 0.466 e. The molecule has 1 aliphatic rings. The number of carbonyl (C=O) groups excluding carboxylic acids is 1. The van der Waals surface area contributed by atoms with Crippen molar-refractivity contribution in [3.8, 4) is 0 Å². The zero-order chi connectivity index (χ0) is 16.3. The summed E-state index contributed by atoms with van der Waals surface area (Å²) < 4.78 is 5.02. The standard InChI is InChI=1S/C20H22O2Si/c1-16-13-17(20(21)22-2)15-23(14-16,18-9-5-3-6-10-18)19-11-7-4-8-12-19/h3-12,15-16H,13-14H2,1-2H3. The smallest absolute Gasteiger partial charge is 0.333 e. The van der Waals surface area contributed by atoms with E-state index in [1.165, 1.54) is 17.5 Å². The molecule has 0 spiro atoms. The van der Waals surface area contributed by atoms with E-state index in [1.54, 1.807) is 0 Å². The third-order valence-corrected chi connectivity index (χ3v) is 9.59. The Balaban J connectivity index is 2.22. The lowest BCUT2D eigenvalue weighted by atomic mass is 10.0. The molecule has 1 heterocycles. The Morgan fingerprint density at radius 1 is 1.00 bits per heavy atom. The summed E-state index contributed by atoms with van der Waals surface area (Å²) in [6.07, 6.45) is 0.807. The van der Waals surface area contributed by atoms with Crippen molar-refractivity contribution >= 4 is 24.4 Å². The minimum atomic E-state index is -2.10. The van der Waals surface area contributed by atoms with Crippen molar-refractivity contribution < 1.29 is 9.53 Å². The first-order chi connectivity index (χ1) is 11.2. The molecule has 1 aliphatic heterocycles. The molecule has 118 valence electrons. The van der Waals surface area contributed by atoms with Crippen LogP contribution in [0.2, 0.25) is 6.04 Å². The van der Waals surface area contributed by atoms with Gasteiger partial charge in [0, 0.05) is 5.57 Å². The molecule has 0 saturated carbocycles. The predicted octanol–water partition coefficient (Wildman–Crippen LogP) is 2.93. The van der Waals surface area contributed by atoms with E-state index in [0.717, 1.165) is 18.0 Å². The zero-order valence-corrected chi connectivity index (χ0v) is 14.7. The first-order valence-corrected chi connectivity index (χ1v) is 10.4. The molecule has 1 unspecified atom stereocenters. The van der Waals surface area contributed by atoms with Crippen molar-refractivity contribution in [2.75, 3.05) is 7.11 Å². The maximum atomic E-state index is 12.2. The third kappa shape index (κ3) is 3.01. The van der Waals surface area contributed by atoms with E-state index >= 15 is 0 Å². The molecule has 0 amide bonds. The van der Waals surface area contributed by atoms with Gasteiger partial charge in [-0.1, -0.05) is 73.3 Å². The number of carbonyl (C=O) groups is 1. The van der Waals surface area contributed by atoms with E-state index < -0.39 is 8.07 Å². The minimum Gasteiger partial charge on any atom is -0.466 e. The van der Waals surface area contributed by atoms with Crippen LogP contribution in [0.1, 0.15) is 13.3 Å². The molecular weight excluding hydrogens is 300 g/mol. The molecule has 2 nitrogen and oxygen atoms in total. The number of methoxy groups -OCH3 is 1. The molecule has 0 radical (unpaired) electrons. The molecule has 3 rings (SSSR count). The van der Waals surface area contributed by atoms with Gasteiger partial charge >= 0.3 is 5.97 Å². The molecule has 0 saturated heterocycles. The topological polar surface area (TPSA) is 26.3 Å². The summed E-state index contributed by atoms with van der Waals surface area (Å²) in [6.45, 7) is 2.24. The second-order valence-corrected chi connectivity index (χ2v) is 10.2. The summed E-state index contributed by atoms with van der Waals surface area (Å²) in [5.74, 6) is 0.293. The molecule has 1 atom stereocenters. The van der Waals surface area contributed by atoms with E-state index in [2.05, 4.69) is 61.2 Å². The van der Waals surface area contributed by atoms with Crippen molar-refractivity contribution in [2.45, 2.75) is 19.4 Å². The lowest BCUT2D eigenvalue weighted by Crippen LogP contribution is -2.59. The van der Waals surface area contributed by atoms with E-state index in [1.807, 2.05) is 12.1 Å². The van der Waals surface area contributed by atoms with E-state index in [4.69, 9.17) is 4.74 Å². The van der Waals surface area contributed by atoms with Gasteiger partial charge in [-0.2, -0.15) is 0 Å². The van der Waals surface area contributed by atoms with Gasteiger partial charge < -0.3 is 4.74 Å². The lowest BCUT2D eigenvalue weighted by molar-refractivity contribution is -0.136. The number of hydrogen-bond acceptors (Lipinski definition) is 2. The lowest BCUT2D eigenvalue weighted by Gasteiger charge is -2.37. The fraction of sp³-hybridized carbons (Fsp3) is 0.250. The molecule has 0 aromatic heterocycles. The summed E-state index contributed by atoms with van der Waals surface area (Å²) in [4.78, 5) is 12.2. The molecular formula is C20H22O2Si. The number of ether oxygens (including phenoxy) is 1. The minimum absolute atomic E-state index is 0.180. The van der Waals surface area contributed by atoms with Crippen LogP contribution < -0.4 is 10.4 Å². The fourth-order valence-electron chi connectivity index (χ4n) is 3.73.